The second-order valence-corrected chi connectivity index (χ2v) is 10.9. The molecule has 8 heteroatoms. The van der Waals surface area contributed by atoms with E-state index in [0.29, 0.717) is 30.3 Å². The Hall–Kier alpha value is -3.13. The summed E-state index contributed by atoms with van der Waals surface area (Å²) in [7, 11) is 0. The van der Waals surface area contributed by atoms with E-state index in [0.717, 1.165) is 63.3 Å². The van der Waals surface area contributed by atoms with Gasteiger partial charge in [-0.05, 0) is 69.6 Å². The number of ether oxygens (including phenoxy) is 1. The number of aromatic nitrogens is 1. The van der Waals surface area contributed by atoms with Crippen LogP contribution in [0.3, 0.4) is 0 Å². The number of aliphatic carboxylic acids is 1. The number of carboxylic acids is 1. The number of amides is 1. The number of carbonyl (C=O) groups excluding carboxylic acids is 1. The number of rotatable bonds is 8. The smallest absolute Gasteiger partial charge is 0.325 e. The number of nitrogens with zero attached hydrogens (tertiary/aromatic N) is 3. The van der Waals surface area contributed by atoms with Gasteiger partial charge >= 0.3 is 5.97 Å². The van der Waals surface area contributed by atoms with E-state index in [-0.39, 0.29) is 17.9 Å². The number of piperidine rings is 1. The van der Waals surface area contributed by atoms with Crippen LogP contribution in [0.5, 0.6) is 5.75 Å². The Labute approximate surface area is 219 Å². The van der Waals surface area contributed by atoms with Crippen molar-refractivity contribution in [3.8, 4) is 5.75 Å². The van der Waals surface area contributed by atoms with Crippen LogP contribution in [-0.2, 0) is 22.4 Å². The van der Waals surface area contributed by atoms with Gasteiger partial charge < -0.3 is 20.1 Å². The molecule has 1 atom stereocenters. The molecule has 3 aliphatic heterocycles. The Morgan fingerprint density at radius 2 is 1.89 bits per heavy atom. The summed E-state index contributed by atoms with van der Waals surface area (Å²) >= 11 is 0. The quantitative estimate of drug-likeness (QED) is 0.563. The van der Waals surface area contributed by atoms with E-state index in [1.807, 2.05) is 47.9 Å². The first-order valence-corrected chi connectivity index (χ1v) is 13.6. The van der Waals surface area contributed by atoms with Crippen molar-refractivity contribution in [3.63, 3.8) is 0 Å². The summed E-state index contributed by atoms with van der Waals surface area (Å²) in [5, 5.41) is 13.4. The van der Waals surface area contributed by atoms with Crippen molar-refractivity contribution < 1.29 is 19.4 Å². The minimum Gasteiger partial charge on any atom is -0.491 e. The van der Waals surface area contributed by atoms with Gasteiger partial charge in [-0.1, -0.05) is 24.3 Å². The highest BCUT2D eigenvalue weighted by molar-refractivity contribution is 5.82. The fourth-order valence-electron chi connectivity index (χ4n) is 5.83. The lowest BCUT2D eigenvalue weighted by Crippen LogP contribution is -2.57. The van der Waals surface area contributed by atoms with E-state index in [2.05, 4.69) is 17.4 Å². The van der Waals surface area contributed by atoms with Crippen LogP contribution >= 0.6 is 0 Å². The van der Waals surface area contributed by atoms with Crippen molar-refractivity contribution >= 4 is 17.7 Å². The van der Waals surface area contributed by atoms with Gasteiger partial charge in [-0.15, -0.1) is 0 Å². The molecule has 0 radical (unpaired) electrons. The van der Waals surface area contributed by atoms with Gasteiger partial charge in [-0.2, -0.15) is 0 Å². The SMILES string of the molecule is CC(C)Oc1ccccc1C(C(=O)O)N1CC(C(=O)N2CCC(Cc3ccc4c(n3)NCCC4)CC2)C1. The van der Waals surface area contributed by atoms with Gasteiger partial charge in [0.15, 0.2) is 0 Å². The molecule has 5 rings (SSSR count). The molecule has 37 heavy (non-hydrogen) atoms. The number of hydrogen-bond donors (Lipinski definition) is 2. The first kappa shape index (κ1) is 25.5. The van der Waals surface area contributed by atoms with Crippen LogP contribution in [0.4, 0.5) is 5.82 Å². The van der Waals surface area contributed by atoms with E-state index >= 15 is 0 Å². The van der Waals surface area contributed by atoms with Crippen LogP contribution in [0.15, 0.2) is 36.4 Å². The summed E-state index contributed by atoms with van der Waals surface area (Å²) in [6.45, 7) is 7.28. The number of pyridine rings is 1. The normalized spacial score (nSPS) is 19.6. The summed E-state index contributed by atoms with van der Waals surface area (Å²) in [4.78, 5) is 34.1. The van der Waals surface area contributed by atoms with Gasteiger partial charge in [-0.3, -0.25) is 14.5 Å². The summed E-state index contributed by atoms with van der Waals surface area (Å²) in [6.07, 6.45) is 5.12. The Bertz CT molecular complexity index is 1120. The summed E-state index contributed by atoms with van der Waals surface area (Å²) in [5.41, 5.74) is 3.08. The van der Waals surface area contributed by atoms with Crippen molar-refractivity contribution in [3.05, 3.63) is 53.2 Å². The topological polar surface area (TPSA) is 95.0 Å². The first-order chi connectivity index (χ1) is 17.9. The van der Waals surface area contributed by atoms with Crippen LogP contribution in [0.1, 0.15) is 56.0 Å². The zero-order valence-corrected chi connectivity index (χ0v) is 21.9. The lowest BCUT2D eigenvalue weighted by atomic mass is 9.89. The number of carbonyl (C=O) groups is 2. The molecule has 3 aliphatic rings. The van der Waals surface area contributed by atoms with Crippen molar-refractivity contribution in [2.75, 3.05) is 38.0 Å². The highest BCUT2D eigenvalue weighted by atomic mass is 16.5. The molecule has 1 unspecified atom stereocenters. The van der Waals surface area contributed by atoms with Gasteiger partial charge in [0.2, 0.25) is 5.91 Å². The standard InChI is InChI=1S/C29H38N4O4/c1-19(2)37-25-8-4-3-7-24(25)26(29(35)36)33-17-22(18-33)28(34)32-14-11-20(12-15-32)16-23-10-9-21-6-5-13-30-27(21)31-23/h3-4,7-10,19-20,22,26H,5-6,11-18H2,1-2H3,(H,30,31)(H,35,36). The molecule has 2 fully saturated rings. The lowest BCUT2D eigenvalue weighted by Gasteiger charge is -2.44. The molecule has 8 nitrogen and oxygen atoms in total. The molecular weight excluding hydrogens is 468 g/mol. The number of anilines is 1. The predicted octanol–water partition coefficient (Wildman–Crippen LogP) is 3.77. The molecule has 4 heterocycles. The van der Waals surface area contributed by atoms with Crippen LogP contribution in [0.2, 0.25) is 0 Å². The number of aryl methyl sites for hydroxylation is 1. The summed E-state index contributed by atoms with van der Waals surface area (Å²) in [5.74, 6) is 1.25. The number of fused-ring (bicyclic) bond motifs is 1. The Morgan fingerprint density at radius 1 is 1.14 bits per heavy atom. The number of likely N-dealkylation sites (tertiary alicyclic amines) is 2. The van der Waals surface area contributed by atoms with Gasteiger partial charge in [-0.25, -0.2) is 4.98 Å². The number of carboxylic acid groups (broad SMARTS) is 1. The van der Waals surface area contributed by atoms with Crippen LogP contribution < -0.4 is 10.1 Å². The molecule has 198 valence electrons. The fourth-order valence-corrected chi connectivity index (χ4v) is 5.83. The third kappa shape index (κ3) is 5.74. The van der Waals surface area contributed by atoms with E-state index in [4.69, 9.17) is 9.72 Å². The molecule has 0 aliphatic carbocycles. The van der Waals surface area contributed by atoms with E-state index in [1.165, 1.54) is 5.56 Å². The number of benzene rings is 1. The van der Waals surface area contributed by atoms with Crippen molar-refractivity contribution in [2.45, 2.75) is 58.1 Å². The molecule has 2 aromatic rings. The number of nitrogens with one attached hydrogen (secondary N) is 1. The van der Waals surface area contributed by atoms with Crippen LogP contribution in [0, 0.1) is 11.8 Å². The highest BCUT2D eigenvalue weighted by Gasteiger charge is 2.43. The molecule has 0 spiro atoms. The summed E-state index contributed by atoms with van der Waals surface area (Å²) in [6, 6.07) is 10.9. The third-order valence-electron chi connectivity index (χ3n) is 7.81. The third-order valence-corrected chi connectivity index (χ3v) is 7.81. The van der Waals surface area contributed by atoms with Crippen molar-refractivity contribution in [2.24, 2.45) is 11.8 Å². The van der Waals surface area contributed by atoms with E-state index < -0.39 is 12.0 Å². The molecule has 0 bridgehead atoms. The minimum atomic E-state index is -0.919. The molecule has 1 aromatic heterocycles. The second-order valence-electron chi connectivity index (χ2n) is 10.9. The molecule has 1 amide bonds. The van der Waals surface area contributed by atoms with Gasteiger partial charge in [0.1, 0.15) is 17.6 Å². The first-order valence-electron chi connectivity index (χ1n) is 13.6. The number of para-hydroxylation sites is 1. The van der Waals surface area contributed by atoms with Gasteiger partial charge in [0.05, 0.1) is 12.0 Å². The Kier molecular flexibility index (Phi) is 7.65. The minimum absolute atomic E-state index is 0.0519. The lowest BCUT2D eigenvalue weighted by molar-refractivity contribution is -0.153. The Morgan fingerprint density at radius 3 is 2.62 bits per heavy atom. The fraction of sp³-hybridized carbons (Fsp3) is 0.552. The molecule has 1 aromatic carbocycles. The Balaban J connectivity index is 1.13. The van der Waals surface area contributed by atoms with Crippen molar-refractivity contribution in [1.29, 1.82) is 0 Å². The molecular formula is C29H38N4O4. The maximum absolute atomic E-state index is 13.2. The summed E-state index contributed by atoms with van der Waals surface area (Å²) < 4.78 is 5.87. The van der Waals surface area contributed by atoms with E-state index in [9.17, 15) is 14.7 Å². The molecule has 0 saturated carbocycles. The zero-order chi connectivity index (χ0) is 25.9. The average molecular weight is 507 g/mol. The zero-order valence-electron chi connectivity index (χ0n) is 21.9. The average Bonchev–Trinajstić information content (AvgIpc) is 2.86. The van der Waals surface area contributed by atoms with E-state index in [1.54, 1.807) is 0 Å². The van der Waals surface area contributed by atoms with Crippen LogP contribution in [-0.4, -0.2) is 70.6 Å². The maximum Gasteiger partial charge on any atom is 0.325 e. The monoisotopic (exact) mass is 506 g/mol. The predicted molar refractivity (Wildman–Crippen MR) is 142 cm³/mol. The van der Waals surface area contributed by atoms with Crippen LogP contribution in [0.25, 0.3) is 0 Å². The highest BCUT2D eigenvalue weighted by Crippen LogP contribution is 2.36. The molecule has 2 N–H and O–H groups in total. The number of hydrogen-bond acceptors (Lipinski definition) is 6. The largest absolute Gasteiger partial charge is 0.491 e. The molecule has 2 saturated heterocycles. The van der Waals surface area contributed by atoms with Crippen molar-refractivity contribution in [1.82, 2.24) is 14.8 Å². The van der Waals surface area contributed by atoms with Gasteiger partial charge in [0.25, 0.3) is 0 Å². The second kappa shape index (κ2) is 11.1. The van der Waals surface area contributed by atoms with Gasteiger partial charge in [0, 0.05) is 44.0 Å². The maximum atomic E-state index is 13.2.